The number of methoxy groups -OCH3 is 3. The summed E-state index contributed by atoms with van der Waals surface area (Å²) in [5, 5.41) is 6.04. The van der Waals surface area contributed by atoms with E-state index in [0.29, 0.717) is 33.5 Å². The second-order valence-electron chi connectivity index (χ2n) is 4.86. The van der Waals surface area contributed by atoms with Gasteiger partial charge in [-0.05, 0) is 42.5 Å². The molecule has 2 rings (SSSR count). The molecule has 0 bridgehead atoms. The number of ether oxygens (including phenoxy) is 3. The van der Waals surface area contributed by atoms with Crippen molar-refractivity contribution in [1.29, 1.82) is 0 Å². The molecule has 1 amide bonds. The van der Waals surface area contributed by atoms with Crippen LogP contribution in [0.15, 0.2) is 36.4 Å². The number of nitrogens with one attached hydrogen (secondary N) is 2. The monoisotopic (exact) mass is 380 g/mol. The van der Waals surface area contributed by atoms with Gasteiger partial charge in [-0.2, -0.15) is 0 Å². The number of amides is 1. The molecular weight excluding hydrogens is 364 g/mol. The number of thiocarbonyl (C=S) groups is 1. The van der Waals surface area contributed by atoms with Crippen LogP contribution in [0.3, 0.4) is 0 Å². The lowest BCUT2D eigenvalue weighted by Crippen LogP contribution is -2.34. The molecule has 0 saturated carbocycles. The minimum atomic E-state index is -0.394. The third kappa shape index (κ3) is 4.98. The van der Waals surface area contributed by atoms with Crippen molar-refractivity contribution in [2.75, 3.05) is 26.6 Å². The predicted molar refractivity (Wildman–Crippen MR) is 101 cm³/mol. The van der Waals surface area contributed by atoms with Crippen LogP contribution in [-0.2, 0) is 0 Å². The van der Waals surface area contributed by atoms with Crippen molar-refractivity contribution in [2.45, 2.75) is 0 Å². The van der Waals surface area contributed by atoms with Crippen LogP contribution in [-0.4, -0.2) is 32.3 Å². The lowest BCUT2D eigenvalue weighted by Gasteiger charge is -2.12. The molecule has 25 heavy (non-hydrogen) atoms. The largest absolute Gasteiger partial charge is 0.497 e. The van der Waals surface area contributed by atoms with E-state index >= 15 is 0 Å². The SMILES string of the molecule is COc1cc(OC)cc(C(=O)NC(=S)Nc2ccc(OC)c(Cl)c2)c1. The molecule has 0 atom stereocenters. The molecule has 0 aliphatic heterocycles. The second-order valence-corrected chi connectivity index (χ2v) is 5.67. The first-order valence-corrected chi connectivity index (χ1v) is 7.94. The zero-order chi connectivity index (χ0) is 18.4. The van der Waals surface area contributed by atoms with Gasteiger partial charge in [-0.3, -0.25) is 10.1 Å². The van der Waals surface area contributed by atoms with E-state index < -0.39 is 5.91 Å². The summed E-state index contributed by atoms with van der Waals surface area (Å²) in [6.07, 6.45) is 0. The molecule has 0 saturated heterocycles. The smallest absolute Gasteiger partial charge is 0.257 e. The van der Waals surface area contributed by atoms with E-state index in [1.165, 1.54) is 21.3 Å². The van der Waals surface area contributed by atoms with Gasteiger partial charge in [0.2, 0.25) is 0 Å². The summed E-state index contributed by atoms with van der Waals surface area (Å²) in [4.78, 5) is 12.4. The molecule has 0 unspecified atom stereocenters. The molecule has 0 heterocycles. The van der Waals surface area contributed by atoms with Crippen LogP contribution in [0, 0.1) is 0 Å². The van der Waals surface area contributed by atoms with Crippen LogP contribution in [0.1, 0.15) is 10.4 Å². The summed E-state index contributed by atoms with van der Waals surface area (Å²) in [5.74, 6) is 1.16. The third-order valence-corrected chi connectivity index (χ3v) is 3.75. The Bertz CT molecular complexity index is 776. The third-order valence-electron chi connectivity index (χ3n) is 3.25. The van der Waals surface area contributed by atoms with Gasteiger partial charge in [0.25, 0.3) is 5.91 Å². The average Bonchev–Trinajstić information content (AvgIpc) is 2.61. The van der Waals surface area contributed by atoms with Crippen LogP contribution in [0.25, 0.3) is 0 Å². The highest BCUT2D eigenvalue weighted by molar-refractivity contribution is 7.80. The van der Waals surface area contributed by atoms with Gasteiger partial charge in [0.15, 0.2) is 5.11 Å². The lowest BCUT2D eigenvalue weighted by molar-refractivity contribution is 0.0977. The number of hydrogen-bond donors (Lipinski definition) is 2. The summed E-state index contributed by atoms with van der Waals surface area (Å²) < 4.78 is 15.4. The van der Waals surface area contributed by atoms with Gasteiger partial charge in [-0.25, -0.2) is 0 Å². The van der Waals surface area contributed by atoms with Crippen molar-refractivity contribution >= 4 is 40.5 Å². The zero-order valence-corrected chi connectivity index (χ0v) is 15.5. The number of hydrogen-bond acceptors (Lipinski definition) is 5. The molecule has 2 aromatic rings. The quantitative estimate of drug-likeness (QED) is 0.774. The van der Waals surface area contributed by atoms with E-state index in [4.69, 9.17) is 38.0 Å². The van der Waals surface area contributed by atoms with Gasteiger partial charge in [0, 0.05) is 17.3 Å². The fourth-order valence-electron chi connectivity index (χ4n) is 2.02. The summed E-state index contributed by atoms with van der Waals surface area (Å²) >= 11 is 11.2. The van der Waals surface area contributed by atoms with E-state index in [9.17, 15) is 4.79 Å². The van der Waals surface area contributed by atoms with Crippen molar-refractivity contribution in [3.63, 3.8) is 0 Å². The highest BCUT2D eigenvalue weighted by atomic mass is 35.5. The molecule has 0 aliphatic carbocycles. The van der Waals surface area contributed by atoms with E-state index in [-0.39, 0.29) is 5.11 Å². The maximum Gasteiger partial charge on any atom is 0.257 e. The lowest BCUT2D eigenvalue weighted by atomic mass is 10.2. The standard InChI is InChI=1S/C17H17ClN2O4S/c1-22-12-6-10(7-13(9-12)23-2)16(21)20-17(25)19-11-4-5-15(24-3)14(18)8-11/h4-9H,1-3H3,(H2,19,20,21,25). The normalized spacial score (nSPS) is 9.92. The number of carbonyl (C=O) groups excluding carboxylic acids is 1. The molecule has 8 heteroatoms. The zero-order valence-electron chi connectivity index (χ0n) is 13.9. The highest BCUT2D eigenvalue weighted by Crippen LogP contribution is 2.27. The van der Waals surface area contributed by atoms with Gasteiger partial charge in [0.05, 0.1) is 26.4 Å². The number of benzene rings is 2. The number of anilines is 1. The first kappa shape index (κ1) is 18.8. The molecule has 0 aliphatic rings. The number of carbonyl (C=O) groups is 1. The number of rotatable bonds is 5. The minimum Gasteiger partial charge on any atom is -0.497 e. The fraction of sp³-hybridized carbons (Fsp3) is 0.176. The Morgan fingerprint density at radius 2 is 1.64 bits per heavy atom. The second kappa shape index (κ2) is 8.55. The summed E-state index contributed by atoms with van der Waals surface area (Å²) in [6.45, 7) is 0. The fourth-order valence-corrected chi connectivity index (χ4v) is 2.49. The molecule has 0 radical (unpaired) electrons. The van der Waals surface area contributed by atoms with Crippen LogP contribution >= 0.6 is 23.8 Å². The van der Waals surface area contributed by atoms with Crippen LogP contribution in [0.5, 0.6) is 17.2 Å². The van der Waals surface area contributed by atoms with Crippen molar-refractivity contribution in [3.05, 3.63) is 47.0 Å². The Morgan fingerprint density at radius 3 is 2.16 bits per heavy atom. The molecule has 0 aromatic heterocycles. The van der Waals surface area contributed by atoms with E-state index in [1.807, 2.05) is 0 Å². The Kier molecular flexibility index (Phi) is 6.44. The summed E-state index contributed by atoms with van der Waals surface area (Å²) in [7, 11) is 4.55. The van der Waals surface area contributed by atoms with Crippen molar-refractivity contribution < 1.29 is 19.0 Å². The maximum atomic E-state index is 12.4. The molecular formula is C17H17ClN2O4S. The Morgan fingerprint density at radius 1 is 1.00 bits per heavy atom. The number of halogens is 1. The average molecular weight is 381 g/mol. The van der Waals surface area contributed by atoms with Gasteiger partial charge in [0.1, 0.15) is 17.2 Å². The first-order chi connectivity index (χ1) is 12.0. The summed E-state index contributed by atoms with van der Waals surface area (Å²) in [5.41, 5.74) is 0.979. The van der Waals surface area contributed by atoms with Crippen LogP contribution < -0.4 is 24.8 Å². The molecule has 0 spiro atoms. The van der Waals surface area contributed by atoms with Crippen LogP contribution in [0.2, 0.25) is 5.02 Å². The molecule has 132 valence electrons. The Labute approximate surface area is 156 Å². The molecule has 6 nitrogen and oxygen atoms in total. The predicted octanol–water partition coefficient (Wildman–Crippen LogP) is 3.49. The molecule has 0 fully saturated rings. The van der Waals surface area contributed by atoms with Gasteiger partial charge >= 0.3 is 0 Å². The van der Waals surface area contributed by atoms with E-state index in [1.54, 1.807) is 36.4 Å². The van der Waals surface area contributed by atoms with Crippen LogP contribution in [0.4, 0.5) is 5.69 Å². The topological polar surface area (TPSA) is 68.8 Å². The minimum absolute atomic E-state index is 0.132. The van der Waals surface area contributed by atoms with Crippen molar-refractivity contribution in [3.8, 4) is 17.2 Å². The van der Waals surface area contributed by atoms with Gasteiger partial charge in [-0.15, -0.1) is 0 Å². The van der Waals surface area contributed by atoms with Gasteiger partial charge < -0.3 is 19.5 Å². The van der Waals surface area contributed by atoms with Gasteiger partial charge in [-0.1, -0.05) is 11.6 Å². The van der Waals surface area contributed by atoms with E-state index in [2.05, 4.69) is 10.6 Å². The molecule has 2 aromatic carbocycles. The van der Waals surface area contributed by atoms with Crippen molar-refractivity contribution in [2.24, 2.45) is 0 Å². The molecule has 2 N–H and O–H groups in total. The Balaban J connectivity index is 2.07. The highest BCUT2D eigenvalue weighted by Gasteiger charge is 2.12. The maximum absolute atomic E-state index is 12.4. The summed E-state index contributed by atoms with van der Waals surface area (Å²) in [6, 6.07) is 9.93. The first-order valence-electron chi connectivity index (χ1n) is 7.15. The van der Waals surface area contributed by atoms with Crippen molar-refractivity contribution in [1.82, 2.24) is 5.32 Å². The van der Waals surface area contributed by atoms with E-state index in [0.717, 1.165) is 0 Å². The Hall–Kier alpha value is -2.51.